The summed E-state index contributed by atoms with van der Waals surface area (Å²) < 4.78 is 0. The van der Waals surface area contributed by atoms with Crippen LogP contribution in [-0.2, 0) is 0 Å². The van der Waals surface area contributed by atoms with Crippen LogP contribution >= 0.6 is 11.8 Å². The van der Waals surface area contributed by atoms with Crippen LogP contribution in [0.3, 0.4) is 0 Å². The van der Waals surface area contributed by atoms with Crippen molar-refractivity contribution in [1.82, 2.24) is 0 Å². The number of rotatable bonds is 5. The van der Waals surface area contributed by atoms with E-state index in [0.717, 1.165) is 12.2 Å². The van der Waals surface area contributed by atoms with Crippen molar-refractivity contribution >= 4 is 17.5 Å². The summed E-state index contributed by atoms with van der Waals surface area (Å²) in [4.78, 5) is 12.7. The summed E-state index contributed by atoms with van der Waals surface area (Å²) in [6.07, 6.45) is 1.16. The van der Waals surface area contributed by atoms with Gasteiger partial charge in [-0.05, 0) is 31.2 Å². The van der Waals surface area contributed by atoms with E-state index in [1.807, 2.05) is 24.3 Å². The minimum Gasteiger partial charge on any atom is -0.321 e. The first-order valence-electron chi connectivity index (χ1n) is 5.17. The summed E-state index contributed by atoms with van der Waals surface area (Å²) in [7, 11) is 0. The number of carbonyl (C=O) groups is 1. The molecular formula is C12H17NOS. The fourth-order valence-electron chi connectivity index (χ4n) is 1.20. The highest BCUT2D eigenvalue weighted by Crippen LogP contribution is 2.19. The third kappa shape index (κ3) is 3.68. The second kappa shape index (κ2) is 5.93. The van der Waals surface area contributed by atoms with Crippen LogP contribution in [0.4, 0.5) is 0 Å². The molecule has 15 heavy (non-hydrogen) atoms. The number of hydrogen-bond acceptors (Lipinski definition) is 3. The molecule has 0 bridgehead atoms. The van der Waals surface area contributed by atoms with Crippen molar-refractivity contribution in [1.29, 1.82) is 0 Å². The highest BCUT2D eigenvalue weighted by Gasteiger charge is 2.09. The van der Waals surface area contributed by atoms with Gasteiger partial charge < -0.3 is 5.73 Å². The average Bonchev–Trinajstić information content (AvgIpc) is 2.26. The highest BCUT2D eigenvalue weighted by molar-refractivity contribution is 7.99. The molecule has 0 saturated heterocycles. The van der Waals surface area contributed by atoms with E-state index in [-0.39, 0.29) is 5.78 Å². The Labute approximate surface area is 95.2 Å². The lowest BCUT2D eigenvalue weighted by Gasteiger charge is -2.05. The maximum Gasteiger partial charge on any atom is 0.179 e. The molecule has 0 heterocycles. The van der Waals surface area contributed by atoms with E-state index in [9.17, 15) is 4.79 Å². The van der Waals surface area contributed by atoms with Crippen LogP contribution in [0.1, 0.15) is 30.6 Å². The van der Waals surface area contributed by atoms with Gasteiger partial charge in [-0.2, -0.15) is 0 Å². The largest absolute Gasteiger partial charge is 0.321 e. The maximum atomic E-state index is 11.5. The van der Waals surface area contributed by atoms with Crippen molar-refractivity contribution in [3.8, 4) is 0 Å². The van der Waals surface area contributed by atoms with E-state index < -0.39 is 6.04 Å². The summed E-state index contributed by atoms with van der Waals surface area (Å²) >= 11 is 1.81. The van der Waals surface area contributed by atoms with Crippen LogP contribution in [0.5, 0.6) is 0 Å². The van der Waals surface area contributed by atoms with Crippen molar-refractivity contribution in [3.63, 3.8) is 0 Å². The van der Waals surface area contributed by atoms with Crippen molar-refractivity contribution in [2.75, 3.05) is 5.75 Å². The molecule has 0 aliphatic heterocycles. The molecule has 1 atom stereocenters. The Hall–Kier alpha value is -0.800. The summed E-state index contributed by atoms with van der Waals surface area (Å²) in [5.74, 6) is 1.11. The minimum absolute atomic E-state index is 0.00189. The number of Topliss-reactive ketones (excluding diaryl/α,β-unsaturated/α-hetero) is 1. The summed E-state index contributed by atoms with van der Waals surface area (Å²) in [5, 5.41) is 0. The van der Waals surface area contributed by atoms with E-state index in [1.54, 1.807) is 18.7 Å². The molecule has 0 saturated carbocycles. The number of thioether (sulfide) groups is 1. The highest BCUT2D eigenvalue weighted by atomic mass is 32.2. The molecule has 0 amide bonds. The van der Waals surface area contributed by atoms with Gasteiger partial charge in [-0.1, -0.05) is 19.1 Å². The first-order valence-corrected chi connectivity index (χ1v) is 6.16. The van der Waals surface area contributed by atoms with Gasteiger partial charge in [0, 0.05) is 10.5 Å². The molecule has 3 heteroatoms. The smallest absolute Gasteiger partial charge is 0.179 e. The predicted octanol–water partition coefficient (Wildman–Crippen LogP) is 2.72. The molecule has 2 nitrogen and oxygen atoms in total. The van der Waals surface area contributed by atoms with Crippen molar-refractivity contribution in [2.45, 2.75) is 31.2 Å². The molecule has 1 aromatic rings. The Morgan fingerprint density at radius 3 is 2.47 bits per heavy atom. The molecule has 0 radical (unpaired) electrons. The Bertz CT molecular complexity index is 319. The number of ketones is 1. The standard InChI is InChI=1S/C12H17NOS/c1-3-8-15-11-6-4-10(5-7-11)12(14)9(2)13/h4-7,9H,3,8,13H2,1-2H3. The lowest BCUT2D eigenvalue weighted by atomic mass is 10.1. The van der Waals surface area contributed by atoms with Crippen molar-refractivity contribution < 1.29 is 4.79 Å². The number of hydrogen-bond donors (Lipinski definition) is 1. The lowest BCUT2D eigenvalue weighted by molar-refractivity contribution is 0.0968. The second-order valence-electron chi connectivity index (χ2n) is 3.53. The second-order valence-corrected chi connectivity index (χ2v) is 4.69. The van der Waals surface area contributed by atoms with E-state index in [0.29, 0.717) is 5.56 Å². The molecule has 1 aromatic carbocycles. The van der Waals surface area contributed by atoms with Gasteiger partial charge >= 0.3 is 0 Å². The fraction of sp³-hybridized carbons (Fsp3) is 0.417. The quantitative estimate of drug-likeness (QED) is 0.616. The molecule has 0 spiro atoms. The van der Waals surface area contributed by atoms with Crippen molar-refractivity contribution in [3.05, 3.63) is 29.8 Å². The van der Waals surface area contributed by atoms with Gasteiger partial charge in [0.15, 0.2) is 5.78 Å². The molecule has 1 unspecified atom stereocenters. The summed E-state index contributed by atoms with van der Waals surface area (Å²) in [6.45, 7) is 3.86. The van der Waals surface area contributed by atoms with Crippen LogP contribution in [0, 0.1) is 0 Å². The molecular weight excluding hydrogens is 206 g/mol. The lowest BCUT2D eigenvalue weighted by Crippen LogP contribution is -2.26. The zero-order valence-corrected chi connectivity index (χ0v) is 10.0. The molecule has 2 N–H and O–H groups in total. The van der Waals surface area contributed by atoms with E-state index in [4.69, 9.17) is 5.73 Å². The zero-order valence-electron chi connectivity index (χ0n) is 9.19. The first kappa shape index (κ1) is 12.3. The monoisotopic (exact) mass is 223 g/mol. The zero-order chi connectivity index (χ0) is 11.3. The fourth-order valence-corrected chi connectivity index (χ4v) is 1.97. The van der Waals surface area contributed by atoms with E-state index in [1.165, 1.54) is 4.90 Å². The minimum atomic E-state index is -0.417. The predicted molar refractivity (Wildman–Crippen MR) is 65.4 cm³/mol. The van der Waals surface area contributed by atoms with Gasteiger partial charge in [-0.3, -0.25) is 4.79 Å². The van der Waals surface area contributed by atoms with Gasteiger partial charge in [0.1, 0.15) is 0 Å². The number of nitrogens with two attached hydrogens (primary N) is 1. The van der Waals surface area contributed by atoms with Crippen molar-refractivity contribution in [2.24, 2.45) is 5.73 Å². The van der Waals surface area contributed by atoms with Crippen LogP contribution in [-0.4, -0.2) is 17.6 Å². The van der Waals surface area contributed by atoms with Crippen LogP contribution in [0.25, 0.3) is 0 Å². The summed E-state index contributed by atoms with van der Waals surface area (Å²) in [5.41, 5.74) is 6.23. The van der Waals surface area contributed by atoms with E-state index >= 15 is 0 Å². The van der Waals surface area contributed by atoms with Gasteiger partial charge in [0.25, 0.3) is 0 Å². The normalized spacial score (nSPS) is 12.5. The number of benzene rings is 1. The van der Waals surface area contributed by atoms with Gasteiger partial charge in [-0.25, -0.2) is 0 Å². The molecule has 0 aromatic heterocycles. The first-order chi connectivity index (χ1) is 7.15. The third-order valence-electron chi connectivity index (χ3n) is 2.03. The van der Waals surface area contributed by atoms with Crippen LogP contribution in [0.2, 0.25) is 0 Å². The Morgan fingerprint density at radius 2 is 2.00 bits per heavy atom. The molecule has 0 aliphatic rings. The van der Waals surface area contributed by atoms with E-state index in [2.05, 4.69) is 6.92 Å². The molecule has 82 valence electrons. The molecule has 0 aliphatic carbocycles. The summed E-state index contributed by atoms with van der Waals surface area (Å²) in [6, 6.07) is 7.25. The van der Waals surface area contributed by atoms with Crippen LogP contribution < -0.4 is 5.73 Å². The Balaban J connectivity index is 2.68. The Morgan fingerprint density at radius 1 is 1.40 bits per heavy atom. The van der Waals surface area contributed by atoms with Crippen LogP contribution in [0.15, 0.2) is 29.2 Å². The molecule has 0 fully saturated rings. The maximum absolute atomic E-state index is 11.5. The topological polar surface area (TPSA) is 43.1 Å². The number of carbonyl (C=O) groups excluding carboxylic acids is 1. The average molecular weight is 223 g/mol. The molecule has 1 rings (SSSR count). The van der Waals surface area contributed by atoms with Gasteiger partial charge in [0.2, 0.25) is 0 Å². The van der Waals surface area contributed by atoms with Gasteiger partial charge in [0.05, 0.1) is 6.04 Å². The van der Waals surface area contributed by atoms with Gasteiger partial charge in [-0.15, -0.1) is 11.8 Å². The third-order valence-corrected chi connectivity index (χ3v) is 3.24. The SMILES string of the molecule is CCCSc1ccc(C(=O)C(C)N)cc1. The Kier molecular flexibility index (Phi) is 4.85.